The second kappa shape index (κ2) is 15.9. The van der Waals surface area contributed by atoms with E-state index in [4.69, 9.17) is 14.6 Å². The van der Waals surface area contributed by atoms with E-state index in [0.29, 0.717) is 30.8 Å². The fourth-order valence-electron chi connectivity index (χ4n) is 5.37. The number of rotatable bonds is 12. The smallest absolute Gasteiger partial charge is 0.490 e. The van der Waals surface area contributed by atoms with Gasteiger partial charge in [-0.1, -0.05) is 49.2 Å². The maximum absolute atomic E-state index is 13.4. The number of aryl methyl sites for hydroxylation is 1. The quantitative estimate of drug-likeness (QED) is 0.0765. The fourth-order valence-corrected chi connectivity index (χ4v) is 5.37. The highest BCUT2D eigenvalue weighted by Crippen LogP contribution is 2.29. The first-order chi connectivity index (χ1) is 23.6. The molecule has 0 saturated heterocycles. The van der Waals surface area contributed by atoms with Gasteiger partial charge in [0, 0.05) is 28.6 Å². The number of ether oxygens (including phenoxy) is 1. The van der Waals surface area contributed by atoms with E-state index >= 15 is 0 Å². The fraction of sp³-hybridized carbons (Fsp3) is 0.314. The molecule has 3 aromatic carbocycles. The van der Waals surface area contributed by atoms with Gasteiger partial charge in [0.1, 0.15) is 11.6 Å². The highest BCUT2D eigenvalue weighted by atomic mass is 19.4. The third-order valence-corrected chi connectivity index (χ3v) is 7.94. The van der Waals surface area contributed by atoms with Crippen molar-refractivity contribution in [3.05, 3.63) is 83.9 Å². The van der Waals surface area contributed by atoms with Crippen LogP contribution in [-0.2, 0) is 20.8 Å². The molecule has 9 nitrogen and oxygen atoms in total. The second-order valence-corrected chi connectivity index (χ2v) is 11.5. The number of hydrogen-bond acceptors (Lipinski definition) is 5. The third-order valence-electron chi connectivity index (χ3n) is 7.94. The number of alkyl halides is 6. The lowest BCUT2D eigenvalue weighted by atomic mass is 10.0. The van der Waals surface area contributed by atoms with Crippen LogP contribution in [0.1, 0.15) is 55.2 Å². The van der Waals surface area contributed by atoms with Gasteiger partial charge in [0.15, 0.2) is 0 Å². The topological polar surface area (TPSA) is 137 Å². The Morgan fingerprint density at radius 2 is 1.60 bits per heavy atom. The largest absolute Gasteiger partial charge is 0.497 e. The minimum atomic E-state index is -5.08. The van der Waals surface area contributed by atoms with Crippen LogP contribution in [0.2, 0.25) is 0 Å². The summed E-state index contributed by atoms with van der Waals surface area (Å²) >= 11 is 0. The van der Waals surface area contributed by atoms with Gasteiger partial charge >= 0.3 is 18.3 Å². The van der Waals surface area contributed by atoms with Crippen LogP contribution in [-0.4, -0.2) is 57.2 Å². The van der Waals surface area contributed by atoms with Crippen LogP contribution in [0.5, 0.6) is 5.75 Å². The zero-order chi connectivity index (χ0) is 36.6. The number of aliphatic carboxylic acids is 1. The van der Waals surface area contributed by atoms with Gasteiger partial charge in [-0.15, -0.1) is 0 Å². The molecular formula is C35H34F6N4O5. The van der Waals surface area contributed by atoms with Crippen LogP contribution in [0, 0.1) is 6.92 Å². The number of halogens is 6. The summed E-state index contributed by atoms with van der Waals surface area (Å²) in [5.41, 5.74) is 4.36. The number of nitrogens with one attached hydrogen (secondary N) is 3. The molecule has 4 N–H and O–H groups in total. The van der Waals surface area contributed by atoms with Crippen molar-refractivity contribution in [1.29, 1.82) is 0 Å². The molecule has 0 aliphatic rings. The summed E-state index contributed by atoms with van der Waals surface area (Å²) < 4.78 is 74.9. The van der Waals surface area contributed by atoms with E-state index in [9.17, 15) is 35.9 Å². The van der Waals surface area contributed by atoms with Crippen LogP contribution in [0.3, 0.4) is 0 Å². The molecule has 0 radical (unpaired) electrons. The molecule has 0 bridgehead atoms. The Hall–Kier alpha value is -5.34. The molecule has 5 rings (SSSR count). The van der Waals surface area contributed by atoms with E-state index in [2.05, 4.69) is 26.3 Å². The highest BCUT2D eigenvalue weighted by Gasteiger charge is 2.38. The summed E-state index contributed by atoms with van der Waals surface area (Å²) in [6, 6.07) is 19.3. The van der Waals surface area contributed by atoms with Crippen molar-refractivity contribution in [1.82, 2.24) is 20.3 Å². The molecule has 2 aromatic heterocycles. The molecule has 50 heavy (non-hydrogen) atoms. The number of hydrogen-bond donors (Lipinski definition) is 4. The van der Waals surface area contributed by atoms with Gasteiger partial charge < -0.3 is 25.1 Å². The first-order valence-corrected chi connectivity index (χ1v) is 15.5. The van der Waals surface area contributed by atoms with E-state index in [1.807, 2.05) is 61.5 Å². The monoisotopic (exact) mass is 704 g/mol. The molecule has 266 valence electrons. The molecule has 0 fully saturated rings. The molecule has 0 saturated carbocycles. The van der Waals surface area contributed by atoms with Gasteiger partial charge in [0.2, 0.25) is 11.7 Å². The minimum absolute atomic E-state index is 0.119. The van der Waals surface area contributed by atoms with Gasteiger partial charge in [-0.05, 0) is 60.4 Å². The van der Waals surface area contributed by atoms with Crippen molar-refractivity contribution in [3.8, 4) is 17.0 Å². The van der Waals surface area contributed by atoms with Crippen LogP contribution in [0.25, 0.3) is 32.9 Å². The van der Waals surface area contributed by atoms with Crippen molar-refractivity contribution in [2.45, 2.75) is 63.8 Å². The van der Waals surface area contributed by atoms with E-state index in [1.165, 1.54) is 0 Å². The molecule has 1 atom stereocenters. The molecule has 0 aliphatic heterocycles. The predicted octanol–water partition coefficient (Wildman–Crippen LogP) is 8.14. The first-order valence-electron chi connectivity index (χ1n) is 15.5. The first kappa shape index (κ1) is 37.5. The third kappa shape index (κ3) is 9.86. The molecule has 0 aliphatic carbocycles. The molecule has 0 unspecified atom stereocenters. The van der Waals surface area contributed by atoms with Crippen LogP contribution >= 0.6 is 0 Å². The molecule has 0 spiro atoms. The average molecular weight is 705 g/mol. The van der Waals surface area contributed by atoms with Gasteiger partial charge in [0.05, 0.1) is 31.5 Å². The normalized spacial score (nSPS) is 12.3. The number of aromatic nitrogens is 3. The van der Waals surface area contributed by atoms with E-state index in [0.717, 1.165) is 44.2 Å². The minimum Gasteiger partial charge on any atom is -0.497 e. The number of amides is 1. The lowest BCUT2D eigenvalue weighted by Gasteiger charge is -2.17. The number of aromatic amines is 2. The number of benzene rings is 3. The Balaban J connectivity index is 0.000000727. The summed E-state index contributed by atoms with van der Waals surface area (Å²) in [4.78, 5) is 44.8. The second-order valence-electron chi connectivity index (χ2n) is 11.5. The number of carbonyl (C=O) groups is 3. The van der Waals surface area contributed by atoms with Gasteiger partial charge in [-0.2, -0.15) is 26.3 Å². The number of nitrogens with zero attached hydrogens (tertiary/aromatic N) is 1. The number of carbonyl (C=O) groups excluding carboxylic acids is 2. The number of H-pyrrole nitrogens is 2. The van der Waals surface area contributed by atoms with Crippen LogP contribution in [0.15, 0.2) is 66.9 Å². The number of carboxylic acid groups (broad SMARTS) is 1. The number of Topliss-reactive ketones (excluding diaryl/α,β-unsaturated/α-hetero) is 1. The Morgan fingerprint density at radius 1 is 0.900 bits per heavy atom. The standard InChI is InChI=1S/C33H33F3N4O3.C2HF3O2/c1-20-25(26-17-24(43-2)14-15-27(26)38-20)18-31(42)39-28(10-4-3-5-11-30(41)33(34,35)36)32-37-19-29(40-32)23-13-12-21-8-6-7-9-22(21)16-23;3-2(4,5)1(6)7/h6-9,12-17,19,28,38H,3-5,10-11,18H2,1-2H3,(H,37,40)(H,39,42);(H,6,7)/t28-;/m0./s1. The number of unbranched alkanes of at least 4 members (excludes halogenated alkanes) is 2. The van der Waals surface area contributed by atoms with Crippen LogP contribution in [0.4, 0.5) is 26.3 Å². The zero-order valence-electron chi connectivity index (χ0n) is 27.0. The Morgan fingerprint density at radius 3 is 2.26 bits per heavy atom. The van der Waals surface area contributed by atoms with E-state index in [-0.39, 0.29) is 18.7 Å². The number of fused-ring (bicyclic) bond motifs is 2. The number of imidazole rings is 1. The number of ketones is 1. The van der Waals surface area contributed by atoms with Gasteiger partial charge in [-0.3, -0.25) is 9.59 Å². The Kier molecular flexibility index (Phi) is 11.9. The SMILES string of the molecule is COc1ccc2[nH]c(C)c(CC(=O)N[C@@H](CCCCCC(=O)C(F)(F)F)c3ncc(-c4ccc5ccccc5c4)[nH]3)c2c1.O=C(O)C(F)(F)F. The van der Waals surface area contributed by atoms with E-state index < -0.39 is 36.6 Å². The number of methoxy groups -OCH3 is 1. The molecular weight excluding hydrogens is 670 g/mol. The lowest BCUT2D eigenvalue weighted by Crippen LogP contribution is -2.30. The molecule has 1 amide bonds. The predicted molar refractivity (Wildman–Crippen MR) is 174 cm³/mol. The maximum Gasteiger partial charge on any atom is 0.490 e. The average Bonchev–Trinajstić information content (AvgIpc) is 3.67. The Labute approximate surface area is 282 Å². The summed E-state index contributed by atoms with van der Waals surface area (Å²) in [7, 11) is 1.59. The van der Waals surface area contributed by atoms with Crippen molar-refractivity contribution in [3.63, 3.8) is 0 Å². The molecule has 15 heteroatoms. The molecule has 5 aromatic rings. The van der Waals surface area contributed by atoms with E-state index in [1.54, 1.807) is 13.3 Å². The summed E-state index contributed by atoms with van der Waals surface area (Å²) in [6.45, 7) is 1.91. The zero-order valence-corrected chi connectivity index (χ0v) is 27.0. The maximum atomic E-state index is 13.4. The summed E-state index contributed by atoms with van der Waals surface area (Å²) in [6.07, 6.45) is -7.12. The van der Waals surface area contributed by atoms with Crippen molar-refractivity contribution in [2.75, 3.05) is 7.11 Å². The van der Waals surface area contributed by atoms with Crippen molar-refractivity contribution >= 4 is 39.3 Å². The lowest BCUT2D eigenvalue weighted by molar-refractivity contribution is -0.192. The molecule has 2 heterocycles. The summed E-state index contributed by atoms with van der Waals surface area (Å²) in [5.74, 6) is -3.44. The van der Waals surface area contributed by atoms with Gasteiger partial charge in [-0.25, -0.2) is 9.78 Å². The number of carboxylic acids is 1. The highest BCUT2D eigenvalue weighted by molar-refractivity contribution is 5.91. The van der Waals surface area contributed by atoms with Gasteiger partial charge in [0.25, 0.3) is 0 Å². The Bertz CT molecular complexity index is 1960. The summed E-state index contributed by atoms with van der Waals surface area (Å²) in [5, 5.41) is 13.3. The van der Waals surface area contributed by atoms with Crippen molar-refractivity contribution in [2.24, 2.45) is 0 Å². The van der Waals surface area contributed by atoms with Crippen molar-refractivity contribution < 1.29 is 50.6 Å². The van der Waals surface area contributed by atoms with Crippen LogP contribution < -0.4 is 10.1 Å².